The Bertz CT molecular complexity index is 728. The molecule has 27 heavy (non-hydrogen) atoms. The van der Waals surface area contributed by atoms with E-state index in [0.29, 0.717) is 38.1 Å². The van der Waals surface area contributed by atoms with E-state index in [4.69, 9.17) is 9.47 Å². The van der Waals surface area contributed by atoms with Gasteiger partial charge in [-0.05, 0) is 31.9 Å². The highest BCUT2D eigenvalue weighted by Crippen LogP contribution is 2.23. The zero-order valence-corrected chi connectivity index (χ0v) is 17.3. The fourth-order valence-electron chi connectivity index (χ4n) is 2.71. The van der Waals surface area contributed by atoms with Crippen LogP contribution >= 0.6 is 0 Å². The van der Waals surface area contributed by atoms with Crippen molar-refractivity contribution in [1.82, 2.24) is 10.6 Å². The highest BCUT2D eigenvalue weighted by Gasteiger charge is 2.17. The monoisotopic (exact) mass is 397 g/mol. The van der Waals surface area contributed by atoms with Crippen molar-refractivity contribution in [2.45, 2.75) is 26.8 Å². The predicted molar refractivity (Wildman–Crippen MR) is 108 cm³/mol. The van der Waals surface area contributed by atoms with Crippen molar-refractivity contribution in [3.63, 3.8) is 0 Å². The van der Waals surface area contributed by atoms with Gasteiger partial charge in [-0.1, -0.05) is 12.1 Å². The summed E-state index contributed by atoms with van der Waals surface area (Å²) in [6.07, 6.45) is 2.26. The van der Waals surface area contributed by atoms with Crippen LogP contribution in [0.25, 0.3) is 0 Å². The summed E-state index contributed by atoms with van der Waals surface area (Å²) in [4.78, 5) is 4.57. The van der Waals surface area contributed by atoms with Crippen molar-refractivity contribution in [3.05, 3.63) is 29.3 Å². The number of sulfone groups is 1. The smallest absolute Gasteiger partial charge is 0.191 e. The van der Waals surface area contributed by atoms with Crippen molar-refractivity contribution in [2.75, 3.05) is 44.9 Å². The predicted octanol–water partition coefficient (Wildman–Crippen LogP) is 1.51. The van der Waals surface area contributed by atoms with E-state index in [0.717, 1.165) is 36.5 Å². The van der Waals surface area contributed by atoms with Gasteiger partial charge in [0, 0.05) is 37.4 Å². The van der Waals surface area contributed by atoms with Crippen molar-refractivity contribution >= 4 is 15.8 Å². The number of rotatable bonds is 9. The topological polar surface area (TPSA) is 89.0 Å². The first-order valence-electron chi connectivity index (χ1n) is 9.37. The van der Waals surface area contributed by atoms with Gasteiger partial charge >= 0.3 is 0 Å². The summed E-state index contributed by atoms with van der Waals surface area (Å²) in [5.41, 5.74) is 2.14. The van der Waals surface area contributed by atoms with Crippen LogP contribution in [0, 0.1) is 12.8 Å². The van der Waals surface area contributed by atoms with E-state index >= 15 is 0 Å². The van der Waals surface area contributed by atoms with Gasteiger partial charge in [0.05, 0.1) is 25.5 Å². The van der Waals surface area contributed by atoms with E-state index in [1.54, 1.807) is 0 Å². The van der Waals surface area contributed by atoms with Gasteiger partial charge in [0.15, 0.2) is 5.96 Å². The summed E-state index contributed by atoms with van der Waals surface area (Å²) >= 11 is 0. The summed E-state index contributed by atoms with van der Waals surface area (Å²) in [6.45, 7) is 7.69. The molecule has 1 atom stereocenters. The molecule has 152 valence electrons. The highest BCUT2D eigenvalue weighted by molar-refractivity contribution is 7.90. The van der Waals surface area contributed by atoms with Gasteiger partial charge in [-0.25, -0.2) is 13.4 Å². The number of nitrogens with zero attached hydrogens (tertiary/aromatic N) is 1. The molecular weight excluding hydrogens is 366 g/mol. The van der Waals surface area contributed by atoms with Crippen molar-refractivity contribution in [1.29, 1.82) is 0 Å². The lowest BCUT2D eigenvalue weighted by Crippen LogP contribution is -2.39. The number of aryl methyl sites for hydroxylation is 1. The minimum atomic E-state index is -3.00. The molecule has 2 rings (SSSR count). The number of guanidine groups is 1. The molecule has 0 aliphatic carbocycles. The number of aliphatic imine (C=N–C) groups is 1. The van der Waals surface area contributed by atoms with Crippen LogP contribution in [0.1, 0.15) is 24.5 Å². The SMILES string of the molecule is CCNC(=NCc1ccc(C)cc1OCC1CCOC1)NCCS(C)(=O)=O. The molecule has 0 amide bonds. The lowest BCUT2D eigenvalue weighted by Gasteiger charge is -2.15. The van der Waals surface area contributed by atoms with Gasteiger partial charge < -0.3 is 20.1 Å². The second kappa shape index (κ2) is 10.5. The van der Waals surface area contributed by atoms with Crippen LogP contribution in [0.5, 0.6) is 5.75 Å². The summed E-state index contributed by atoms with van der Waals surface area (Å²) in [6, 6.07) is 6.10. The van der Waals surface area contributed by atoms with E-state index in [9.17, 15) is 8.42 Å². The van der Waals surface area contributed by atoms with E-state index in [-0.39, 0.29) is 5.75 Å². The Kier molecular flexibility index (Phi) is 8.37. The average Bonchev–Trinajstić information content (AvgIpc) is 3.11. The lowest BCUT2D eigenvalue weighted by atomic mass is 10.1. The van der Waals surface area contributed by atoms with Crippen LogP contribution < -0.4 is 15.4 Å². The van der Waals surface area contributed by atoms with E-state index in [1.165, 1.54) is 6.26 Å². The summed E-state index contributed by atoms with van der Waals surface area (Å²) < 4.78 is 34.0. The molecule has 1 aliphatic rings. The molecule has 0 spiro atoms. The Morgan fingerprint density at radius 3 is 2.85 bits per heavy atom. The molecule has 1 aromatic carbocycles. The van der Waals surface area contributed by atoms with Gasteiger partial charge in [-0.3, -0.25) is 0 Å². The molecule has 2 N–H and O–H groups in total. The van der Waals surface area contributed by atoms with Gasteiger partial charge in [-0.2, -0.15) is 0 Å². The third-order valence-electron chi connectivity index (χ3n) is 4.24. The second-order valence-electron chi connectivity index (χ2n) is 6.90. The molecule has 7 nitrogen and oxygen atoms in total. The van der Waals surface area contributed by atoms with Gasteiger partial charge in [0.1, 0.15) is 15.6 Å². The third kappa shape index (κ3) is 8.17. The first kappa shape index (κ1) is 21.5. The molecule has 0 bridgehead atoms. The van der Waals surface area contributed by atoms with Crippen LogP contribution in [0.2, 0.25) is 0 Å². The van der Waals surface area contributed by atoms with E-state index < -0.39 is 9.84 Å². The molecule has 0 aromatic heterocycles. The van der Waals surface area contributed by atoms with Gasteiger partial charge in [-0.15, -0.1) is 0 Å². The summed E-state index contributed by atoms with van der Waals surface area (Å²) in [5, 5.41) is 6.19. The molecule has 1 aliphatic heterocycles. The fourth-order valence-corrected chi connectivity index (χ4v) is 3.18. The molecule has 1 saturated heterocycles. The maximum atomic E-state index is 11.3. The van der Waals surface area contributed by atoms with Crippen molar-refractivity contribution in [2.24, 2.45) is 10.9 Å². The molecule has 1 fully saturated rings. The number of benzene rings is 1. The van der Waals surface area contributed by atoms with Gasteiger partial charge in [0.25, 0.3) is 0 Å². The summed E-state index contributed by atoms with van der Waals surface area (Å²) in [7, 11) is -3.00. The molecule has 1 heterocycles. The third-order valence-corrected chi connectivity index (χ3v) is 5.18. The molecule has 1 aromatic rings. The zero-order valence-electron chi connectivity index (χ0n) is 16.5. The highest BCUT2D eigenvalue weighted by atomic mass is 32.2. The number of hydrogen-bond donors (Lipinski definition) is 2. The van der Waals surface area contributed by atoms with Crippen LogP contribution in [-0.2, 0) is 21.1 Å². The van der Waals surface area contributed by atoms with E-state index in [1.807, 2.05) is 32.0 Å². The van der Waals surface area contributed by atoms with Crippen LogP contribution in [0.4, 0.5) is 0 Å². The number of hydrogen-bond acceptors (Lipinski definition) is 5. The average molecular weight is 398 g/mol. The van der Waals surface area contributed by atoms with Crippen LogP contribution in [0.3, 0.4) is 0 Å². The first-order valence-corrected chi connectivity index (χ1v) is 11.4. The minimum Gasteiger partial charge on any atom is -0.493 e. The second-order valence-corrected chi connectivity index (χ2v) is 9.16. The Balaban J connectivity index is 2.00. The van der Waals surface area contributed by atoms with Crippen molar-refractivity contribution < 1.29 is 17.9 Å². The van der Waals surface area contributed by atoms with Gasteiger partial charge in [0.2, 0.25) is 0 Å². The Morgan fingerprint density at radius 1 is 1.37 bits per heavy atom. The minimum absolute atomic E-state index is 0.0692. The molecule has 1 unspecified atom stereocenters. The van der Waals surface area contributed by atoms with E-state index in [2.05, 4.69) is 15.6 Å². The Morgan fingerprint density at radius 2 is 2.19 bits per heavy atom. The quantitative estimate of drug-likeness (QED) is 0.485. The molecule has 0 radical (unpaired) electrons. The standard InChI is InChI=1S/C19H31N3O4S/c1-4-20-19(21-8-10-27(3,23)24)22-12-17-6-5-15(2)11-18(17)26-14-16-7-9-25-13-16/h5-6,11,16H,4,7-10,12-14H2,1-3H3,(H2,20,21,22). The van der Waals surface area contributed by atoms with Crippen molar-refractivity contribution in [3.8, 4) is 5.75 Å². The largest absolute Gasteiger partial charge is 0.493 e. The Hall–Kier alpha value is -1.80. The maximum absolute atomic E-state index is 11.3. The molecular formula is C19H31N3O4S. The molecule has 8 heteroatoms. The lowest BCUT2D eigenvalue weighted by molar-refractivity contribution is 0.166. The van der Waals surface area contributed by atoms with Crippen LogP contribution in [0.15, 0.2) is 23.2 Å². The number of ether oxygens (including phenoxy) is 2. The maximum Gasteiger partial charge on any atom is 0.191 e. The first-order chi connectivity index (χ1) is 12.9. The fraction of sp³-hybridized carbons (Fsp3) is 0.632. The number of nitrogens with one attached hydrogen (secondary N) is 2. The normalized spacial score (nSPS) is 17.7. The Labute approximate surface area is 162 Å². The molecule has 0 saturated carbocycles. The zero-order chi connectivity index (χ0) is 19.7. The summed E-state index contributed by atoms with van der Waals surface area (Å²) in [5.74, 6) is 1.95. The van der Waals surface area contributed by atoms with Crippen LogP contribution in [-0.4, -0.2) is 59.3 Å².